The van der Waals surface area contributed by atoms with Gasteiger partial charge in [0.25, 0.3) is 6.71 Å². The summed E-state index contributed by atoms with van der Waals surface area (Å²) in [5, 5.41) is 24.2. The third-order valence-corrected chi connectivity index (χ3v) is 16.9. The quantitative estimate of drug-likeness (QED) is 0.149. The predicted molar refractivity (Wildman–Crippen MR) is 343 cm³/mol. The first-order chi connectivity index (χ1) is 39.9. The van der Waals surface area contributed by atoms with Crippen LogP contribution in [0.15, 0.2) is 243 Å². The van der Waals surface area contributed by atoms with Crippen molar-refractivity contribution in [2.45, 2.75) is 52.4 Å². The molecule has 0 saturated heterocycles. The van der Waals surface area contributed by atoms with E-state index in [1.807, 2.05) is 12.1 Å². The maximum atomic E-state index is 10.9. The summed E-state index contributed by atoms with van der Waals surface area (Å²) in [5.41, 5.74) is 24.4. The van der Waals surface area contributed by atoms with Gasteiger partial charge in [-0.05, 0) is 133 Å². The number of para-hydroxylation sites is 2. The van der Waals surface area contributed by atoms with Crippen LogP contribution in [0.2, 0.25) is 0 Å². The summed E-state index contributed by atoms with van der Waals surface area (Å²) in [6.07, 6.45) is 0. The summed E-state index contributed by atoms with van der Waals surface area (Å²) in [5.74, 6) is 0. The standard InChI is InChI=1S/C76H58BN5/c1-75(2,3)55-35-39-66-62(43-55)63-44-56(76(4,5)6)36-40-67(63)80(66)57-45-70-72-71(46-57)82(74-60(53-25-15-9-16-26-53)31-20-32-61(74)54-27-17-10-18-28-54)69-38-34-50(48-79)42-65(69)77(72)64-41-49(47-78)33-37-68(64)81(70)73-58(51-21-11-7-12-22-51)29-19-30-59(73)52-23-13-8-14-24-52/h7-46H,1-6H3. The van der Waals surface area contributed by atoms with Crippen molar-refractivity contribution in [3.05, 3.63) is 265 Å². The Morgan fingerprint density at radius 2 is 0.707 bits per heavy atom. The van der Waals surface area contributed by atoms with Gasteiger partial charge in [-0.2, -0.15) is 10.5 Å². The molecule has 0 fully saturated rings. The number of fused-ring (bicyclic) bond motifs is 7. The molecule has 0 unspecified atom stereocenters. The molecule has 0 radical (unpaired) electrons. The highest BCUT2D eigenvalue weighted by Crippen LogP contribution is 2.53. The number of hydrogen-bond acceptors (Lipinski definition) is 4. The Labute approximate surface area is 480 Å². The van der Waals surface area contributed by atoms with Gasteiger partial charge >= 0.3 is 0 Å². The van der Waals surface area contributed by atoms with Crippen molar-refractivity contribution < 1.29 is 0 Å². The van der Waals surface area contributed by atoms with E-state index in [1.54, 1.807) is 0 Å². The lowest BCUT2D eigenvalue weighted by Crippen LogP contribution is -2.61. The Hall–Kier alpha value is -10.1. The van der Waals surface area contributed by atoms with Crippen molar-refractivity contribution in [1.29, 1.82) is 10.5 Å². The van der Waals surface area contributed by atoms with Crippen LogP contribution in [0.4, 0.5) is 34.1 Å². The van der Waals surface area contributed by atoms with Crippen molar-refractivity contribution >= 4 is 79.0 Å². The summed E-state index contributed by atoms with van der Waals surface area (Å²) in [4.78, 5) is 5.00. The van der Waals surface area contributed by atoms with Crippen LogP contribution in [0.5, 0.6) is 0 Å². The zero-order chi connectivity index (χ0) is 56.0. The number of aromatic nitrogens is 1. The minimum Gasteiger partial charge on any atom is -0.310 e. The Kier molecular flexibility index (Phi) is 11.8. The van der Waals surface area contributed by atoms with Crippen LogP contribution in [0.1, 0.15) is 63.8 Å². The molecule has 0 amide bonds. The fourth-order valence-corrected chi connectivity index (χ4v) is 12.9. The lowest BCUT2D eigenvalue weighted by Gasteiger charge is -2.46. The van der Waals surface area contributed by atoms with E-state index in [9.17, 15) is 10.5 Å². The summed E-state index contributed by atoms with van der Waals surface area (Å²) >= 11 is 0. The number of nitrogens with zero attached hydrogens (tertiary/aromatic N) is 5. The minimum absolute atomic E-state index is 0.0843. The summed E-state index contributed by atoms with van der Waals surface area (Å²) in [6, 6.07) is 92.7. The zero-order valence-corrected chi connectivity index (χ0v) is 46.9. The monoisotopic (exact) mass is 1050 g/mol. The molecule has 0 aliphatic carbocycles. The second-order valence-corrected chi connectivity index (χ2v) is 23.9. The maximum absolute atomic E-state index is 10.9. The first kappa shape index (κ1) is 50.1. The lowest BCUT2D eigenvalue weighted by atomic mass is 9.33. The number of rotatable bonds is 7. The average Bonchev–Trinajstić information content (AvgIpc) is 3.14. The molecule has 5 nitrogen and oxygen atoms in total. The molecule has 14 rings (SSSR count). The molecule has 82 heavy (non-hydrogen) atoms. The van der Waals surface area contributed by atoms with E-state index in [-0.39, 0.29) is 10.8 Å². The molecule has 0 saturated carbocycles. The van der Waals surface area contributed by atoms with Gasteiger partial charge in [-0.3, -0.25) is 0 Å². The topological polar surface area (TPSA) is 59.0 Å². The van der Waals surface area contributed by atoms with Crippen molar-refractivity contribution in [2.24, 2.45) is 0 Å². The van der Waals surface area contributed by atoms with E-state index in [2.05, 4.69) is 299 Å². The molecule has 12 aromatic rings. The van der Waals surface area contributed by atoms with E-state index in [1.165, 1.54) is 21.9 Å². The van der Waals surface area contributed by atoms with E-state index in [4.69, 9.17) is 0 Å². The summed E-state index contributed by atoms with van der Waals surface area (Å²) < 4.78 is 2.50. The fraction of sp³-hybridized carbons (Fsp3) is 0.105. The second-order valence-electron chi connectivity index (χ2n) is 23.9. The Balaban J connectivity index is 1.20. The normalized spacial score (nSPS) is 12.7. The van der Waals surface area contributed by atoms with Gasteiger partial charge in [-0.15, -0.1) is 0 Å². The molecule has 0 N–H and O–H groups in total. The van der Waals surface area contributed by atoms with E-state index in [0.717, 1.165) is 112 Å². The highest BCUT2D eigenvalue weighted by Gasteiger charge is 2.46. The van der Waals surface area contributed by atoms with Crippen molar-refractivity contribution in [3.63, 3.8) is 0 Å². The molecule has 3 heterocycles. The third kappa shape index (κ3) is 8.13. The Bertz CT molecular complexity index is 4210. The zero-order valence-electron chi connectivity index (χ0n) is 46.9. The average molecular weight is 1050 g/mol. The SMILES string of the molecule is CC(C)(C)c1ccc2c(c1)c1cc(C(C)(C)C)ccc1n2-c1cc2c3c(c1)N(c1c(-c4ccccc4)cccc1-c1ccccc1)c1ccc(C#N)cc1B3c1cc(C#N)ccc1N2c1c(-c2ccccc2)cccc1-c1ccccc1. The van der Waals surface area contributed by atoms with Gasteiger partial charge in [0.2, 0.25) is 0 Å². The largest absolute Gasteiger partial charge is 0.310 e. The maximum Gasteiger partial charge on any atom is 0.252 e. The van der Waals surface area contributed by atoms with Crippen LogP contribution in [0, 0.1) is 22.7 Å². The smallest absolute Gasteiger partial charge is 0.252 e. The van der Waals surface area contributed by atoms with Crippen LogP contribution in [-0.2, 0) is 10.8 Å². The molecule has 2 aliphatic heterocycles. The van der Waals surface area contributed by atoms with Crippen LogP contribution in [0.25, 0.3) is 72.0 Å². The number of benzene rings is 11. The van der Waals surface area contributed by atoms with Crippen LogP contribution in [0.3, 0.4) is 0 Å². The first-order valence-electron chi connectivity index (χ1n) is 28.3. The molecule has 11 aromatic carbocycles. The van der Waals surface area contributed by atoms with Crippen LogP contribution >= 0.6 is 0 Å². The molecule has 2 aliphatic rings. The highest BCUT2D eigenvalue weighted by molar-refractivity contribution is 7.00. The van der Waals surface area contributed by atoms with Gasteiger partial charge in [-0.25, -0.2) is 0 Å². The summed E-state index contributed by atoms with van der Waals surface area (Å²) in [6.45, 7) is 13.4. The van der Waals surface area contributed by atoms with Gasteiger partial charge in [0, 0.05) is 55.8 Å². The van der Waals surface area contributed by atoms with Crippen molar-refractivity contribution in [1.82, 2.24) is 4.57 Å². The number of hydrogen-bond donors (Lipinski definition) is 0. The van der Waals surface area contributed by atoms with E-state index < -0.39 is 6.71 Å². The van der Waals surface area contributed by atoms with Gasteiger partial charge in [0.15, 0.2) is 0 Å². The molecule has 0 spiro atoms. The summed E-state index contributed by atoms with van der Waals surface area (Å²) in [7, 11) is 0. The minimum atomic E-state index is -0.395. The van der Waals surface area contributed by atoms with Gasteiger partial charge in [-0.1, -0.05) is 211 Å². The molecule has 390 valence electrons. The van der Waals surface area contributed by atoms with Crippen molar-refractivity contribution in [3.8, 4) is 62.3 Å². The first-order valence-corrected chi connectivity index (χ1v) is 28.3. The highest BCUT2D eigenvalue weighted by atomic mass is 15.2. The van der Waals surface area contributed by atoms with Crippen LogP contribution < -0.4 is 26.2 Å². The molecular weight excluding hydrogens is 994 g/mol. The molecular formula is C76H58BN5. The molecule has 1 aromatic heterocycles. The predicted octanol–water partition coefficient (Wildman–Crippen LogP) is 17.9. The number of anilines is 6. The molecule has 6 heteroatoms. The lowest BCUT2D eigenvalue weighted by molar-refractivity contribution is 0.590. The van der Waals surface area contributed by atoms with Gasteiger partial charge in [0.1, 0.15) is 0 Å². The number of nitriles is 2. The van der Waals surface area contributed by atoms with E-state index in [0.29, 0.717) is 11.1 Å². The third-order valence-electron chi connectivity index (χ3n) is 16.9. The molecule has 0 atom stereocenters. The molecule has 0 bridgehead atoms. The van der Waals surface area contributed by atoms with Crippen molar-refractivity contribution in [2.75, 3.05) is 9.80 Å². The van der Waals surface area contributed by atoms with Crippen LogP contribution in [-0.4, -0.2) is 11.3 Å². The second kappa shape index (κ2) is 19.3. The Morgan fingerprint density at radius 3 is 1.04 bits per heavy atom. The Morgan fingerprint density at radius 1 is 0.354 bits per heavy atom. The van der Waals surface area contributed by atoms with Gasteiger partial charge < -0.3 is 14.4 Å². The van der Waals surface area contributed by atoms with Gasteiger partial charge in [0.05, 0.1) is 51.4 Å². The van der Waals surface area contributed by atoms with E-state index >= 15 is 0 Å². The fourth-order valence-electron chi connectivity index (χ4n) is 12.9.